The normalized spacial score (nSPS) is 16.1. The molecule has 25 heavy (non-hydrogen) atoms. The van der Waals surface area contributed by atoms with Crippen LogP contribution in [0, 0.1) is 5.92 Å². The summed E-state index contributed by atoms with van der Waals surface area (Å²) in [5.74, 6) is -0.0291. The molecule has 2 heterocycles. The van der Waals surface area contributed by atoms with Crippen molar-refractivity contribution in [1.82, 2.24) is 15.0 Å². The first-order valence-corrected chi connectivity index (χ1v) is 7.92. The number of fused-ring (bicyclic) bond motifs is 2. The lowest BCUT2D eigenvalue weighted by atomic mass is 9.97. The molecule has 0 amide bonds. The number of aromatic nitrogens is 3. The Morgan fingerprint density at radius 1 is 1.20 bits per heavy atom. The summed E-state index contributed by atoms with van der Waals surface area (Å²) in [7, 11) is 0. The van der Waals surface area contributed by atoms with Crippen molar-refractivity contribution in [1.29, 1.82) is 0 Å². The van der Waals surface area contributed by atoms with E-state index in [0.717, 1.165) is 16.0 Å². The van der Waals surface area contributed by atoms with Crippen molar-refractivity contribution in [3.8, 4) is 5.75 Å². The summed E-state index contributed by atoms with van der Waals surface area (Å²) in [5.41, 5.74) is 1.13. The predicted octanol–water partition coefficient (Wildman–Crippen LogP) is 1.54. The Bertz CT molecular complexity index is 999. The molecule has 0 bridgehead atoms. The standard InChI is InChI=1S/C18H15N3O4/c22-17-14-6-2-3-7-15(14)19-20-21(17)11-25-18(23)13-9-12-5-1-4-8-16(12)24-10-13/h1-8,13H,9-11H2/t13-/m0/s1. The molecule has 0 unspecified atom stereocenters. The Morgan fingerprint density at radius 3 is 2.92 bits per heavy atom. The van der Waals surface area contributed by atoms with E-state index in [9.17, 15) is 9.59 Å². The summed E-state index contributed by atoms with van der Waals surface area (Å²) in [6.45, 7) is -0.0121. The summed E-state index contributed by atoms with van der Waals surface area (Å²) in [4.78, 5) is 24.6. The molecule has 0 N–H and O–H groups in total. The molecule has 7 nitrogen and oxygen atoms in total. The summed E-state index contributed by atoms with van der Waals surface area (Å²) in [6, 6.07) is 14.5. The van der Waals surface area contributed by atoms with Gasteiger partial charge in [-0.1, -0.05) is 35.5 Å². The van der Waals surface area contributed by atoms with Crippen LogP contribution in [0.4, 0.5) is 0 Å². The number of ether oxygens (including phenoxy) is 2. The average Bonchev–Trinajstić information content (AvgIpc) is 2.67. The van der Waals surface area contributed by atoms with Crippen LogP contribution in [0.3, 0.4) is 0 Å². The van der Waals surface area contributed by atoms with Gasteiger partial charge in [-0.25, -0.2) is 0 Å². The van der Waals surface area contributed by atoms with Gasteiger partial charge in [0.15, 0.2) is 6.73 Å². The van der Waals surface area contributed by atoms with E-state index >= 15 is 0 Å². The van der Waals surface area contributed by atoms with Gasteiger partial charge in [0.05, 0.1) is 11.3 Å². The zero-order chi connectivity index (χ0) is 17.2. The fourth-order valence-corrected chi connectivity index (χ4v) is 2.83. The van der Waals surface area contributed by atoms with Crippen LogP contribution in [-0.4, -0.2) is 27.6 Å². The quantitative estimate of drug-likeness (QED) is 0.674. The number of esters is 1. The van der Waals surface area contributed by atoms with Gasteiger partial charge in [0.1, 0.15) is 17.9 Å². The molecule has 0 aliphatic carbocycles. The van der Waals surface area contributed by atoms with Crippen molar-refractivity contribution >= 4 is 16.9 Å². The lowest BCUT2D eigenvalue weighted by Crippen LogP contribution is -2.32. The smallest absolute Gasteiger partial charge is 0.314 e. The van der Waals surface area contributed by atoms with Gasteiger partial charge in [-0.3, -0.25) is 9.59 Å². The molecule has 0 radical (unpaired) electrons. The maximum absolute atomic E-state index is 12.3. The van der Waals surface area contributed by atoms with Gasteiger partial charge < -0.3 is 9.47 Å². The van der Waals surface area contributed by atoms with Gasteiger partial charge in [0, 0.05) is 0 Å². The molecule has 7 heteroatoms. The maximum atomic E-state index is 12.3. The molecule has 3 aromatic rings. The topological polar surface area (TPSA) is 83.3 Å². The third-order valence-electron chi connectivity index (χ3n) is 4.17. The third-order valence-corrected chi connectivity index (χ3v) is 4.17. The highest BCUT2D eigenvalue weighted by Gasteiger charge is 2.27. The first-order chi connectivity index (χ1) is 12.2. The second kappa shape index (κ2) is 6.35. The van der Waals surface area contributed by atoms with Crippen LogP contribution in [-0.2, 0) is 22.7 Å². The number of para-hydroxylation sites is 1. The van der Waals surface area contributed by atoms with Crippen LogP contribution in [0.25, 0.3) is 10.9 Å². The molecule has 1 aliphatic heterocycles. The van der Waals surface area contributed by atoms with E-state index in [4.69, 9.17) is 9.47 Å². The monoisotopic (exact) mass is 337 g/mol. The van der Waals surface area contributed by atoms with E-state index in [1.165, 1.54) is 0 Å². The van der Waals surface area contributed by atoms with E-state index in [0.29, 0.717) is 17.3 Å². The van der Waals surface area contributed by atoms with E-state index < -0.39 is 11.9 Å². The minimum atomic E-state index is -0.420. The van der Waals surface area contributed by atoms with Crippen LogP contribution in [0.5, 0.6) is 5.75 Å². The number of nitrogens with zero attached hydrogens (tertiary/aromatic N) is 3. The van der Waals surface area contributed by atoms with Crippen molar-refractivity contribution in [3.05, 3.63) is 64.4 Å². The SMILES string of the molecule is O=C(OCn1nnc2ccccc2c1=O)[C@@H]1COc2ccccc2C1. The van der Waals surface area contributed by atoms with Gasteiger partial charge >= 0.3 is 5.97 Å². The highest BCUT2D eigenvalue weighted by atomic mass is 16.5. The van der Waals surface area contributed by atoms with E-state index in [1.54, 1.807) is 24.3 Å². The van der Waals surface area contributed by atoms with Gasteiger partial charge in [-0.15, -0.1) is 5.10 Å². The lowest BCUT2D eigenvalue weighted by Gasteiger charge is -2.23. The fraction of sp³-hybridized carbons (Fsp3) is 0.222. The molecule has 0 spiro atoms. The Morgan fingerprint density at radius 2 is 2.00 bits per heavy atom. The average molecular weight is 337 g/mol. The van der Waals surface area contributed by atoms with Gasteiger partial charge in [0.2, 0.25) is 0 Å². The van der Waals surface area contributed by atoms with Crippen molar-refractivity contribution in [2.75, 3.05) is 6.61 Å². The molecule has 4 rings (SSSR count). The van der Waals surface area contributed by atoms with Gasteiger partial charge in [0.25, 0.3) is 5.56 Å². The molecular formula is C18H15N3O4. The van der Waals surface area contributed by atoms with Gasteiger partial charge in [-0.2, -0.15) is 4.68 Å². The summed E-state index contributed by atoms with van der Waals surface area (Å²) in [5, 5.41) is 8.20. The molecule has 0 fully saturated rings. The Kier molecular flexibility index (Phi) is 3.89. The maximum Gasteiger partial charge on any atom is 0.314 e. The highest BCUT2D eigenvalue weighted by molar-refractivity contribution is 5.76. The van der Waals surface area contributed by atoms with Crippen LogP contribution < -0.4 is 10.3 Å². The molecular weight excluding hydrogens is 322 g/mol. The van der Waals surface area contributed by atoms with Crippen LogP contribution in [0.2, 0.25) is 0 Å². The number of carbonyl (C=O) groups excluding carboxylic acids is 1. The number of benzene rings is 2. The van der Waals surface area contributed by atoms with Crippen molar-refractivity contribution in [2.24, 2.45) is 5.92 Å². The number of rotatable bonds is 3. The Hall–Kier alpha value is -3.22. The number of hydrogen-bond donors (Lipinski definition) is 0. The van der Waals surface area contributed by atoms with E-state index in [2.05, 4.69) is 10.3 Å². The zero-order valence-electron chi connectivity index (χ0n) is 13.3. The second-order valence-corrected chi connectivity index (χ2v) is 5.82. The van der Waals surface area contributed by atoms with Crippen molar-refractivity contribution in [2.45, 2.75) is 13.2 Å². The Balaban J connectivity index is 1.46. The number of carbonyl (C=O) groups is 1. The van der Waals surface area contributed by atoms with Crippen LogP contribution in [0.1, 0.15) is 5.56 Å². The predicted molar refractivity (Wildman–Crippen MR) is 89.0 cm³/mol. The lowest BCUT2D eigenvalue weighted by molar-refractivity contribution is -0.154. The molecule has 2 aromatic carbocycles. The van der Waals surface area contributed by atoms with Crippen molar-refractivity contribution < 1.29 is 14.3 Å². The van der Waals surface area contributed by atoms with E-state index in [-0.39, 0.29) is 18.9 Å². The highest BCUT2D eigenvalue weighted by Crippen LogP contribution is 2.27. The Labute approximate surface area is 142 Å². The van der Waals surface area contributed by atoms with E-state index in [1.807, 2.05) is 24.3 Å². The summed E-state index contributed by atoms with van der Waals surface area (Å²) < 4.78 is 11.9. The molecule has 1 atom stereocenters. The molecule has 0 saturated carbocycles. The molecule has 0 saturated heterocycles. The fourth-order valence-electron chi connectivity index (χ4n) is 2.83. The zero-order valence-corrected chi connectivity index (χ0v) is 13.3. The second-order valence-electron chi connectivity index (χ2n) is 5.82. The van der Waals surface area contributed by atoms with Crippen molar-refractivity contribution in [3.63, 3.8) is 0 Å². The molecule has 1 aromatic heterocycles. The minimum Gasteiger partial charge on any atom is -0.492 e. The first kappa shape index (κ1) is 15.3. The van der Waals surface area contributed by atoms with Gasteiger partial charge in [-0.05, 0) is 30.2 Å². The minimum absolute atomic E-state index is 0.258. The molecule has 126 valence electrons. The molecule has 1 aliphatic rings. The van der Waals surface area contributed by atoms with Crippen LogP contribution in [0.15, 0.2) is 53.3 Å². The number of hydrogen-bond acceptors (Lipinski definition) is 6. The third kappa shape index (κ3) is 2.96. The largest absolute Gasteiger partial charge is 0.492 e. The summed E-state index contributed by atoms with van der Waals surface area (Å²) in [6.07, 6.45) is 0.549. The summed E-state index contributed by atoms with van der Waals surface area (Å²) >= 11 is 0. The van der Waals surface area contributed by atoms with Crippen LogP contribution >= 0.6 is 0 Å². The first-order valence-electron chi connectivity index (χ1n) is 7.92.